The maximum Gasteiger partial charge on any atom is 0.244 e. The van der Waals surface area contributed by atoms with Crippen molar-refractivity contribution in [3.8, 4) is 5.69 Å². The number of nitrogens with one attached hydrogen (secondary N) is 1. The Morgan fingerprint density at radius 2 is 1.87 bits per heavy atom. The number of aromatic nitrogens is 2. The molecule has 23 heavy (non-hydrogen) atoms. The molecule has 1 amide bonds. The first kappa shape index (κ1) is 17.0. The van der Waals surface area contributed by atoms with Crippen molar-refractivity contribution in [2.45, 2.75) is 46.6 Å². The molecule has 0 aliphatic rings. The van der Waals surface area contributed by atoms with E-state index < -0.39 is 0 Å². The lowest BCUT2D eigenvalue weighted by Crippen LogP contribution is -2.32. The fourth-order valence-electron chi connectivity index (χ4n) is 2.62. The molecule has 0 bridgehead atoms. The van der Waals surface area contributed by atoms with Gasteiger partial charge < -0.3 is 5.32 Å². The molecular weight excluding hydrogens is 286 g/mol. The van der Waals surface area contributed by atoms with Crippen LogP contribution in [0.2, 0.25) is 0 Å². The van der Waals surface area contributed by atoms with Gasteiger partial charge in [-0.05, 0) is 44.9 Å². The van der Waals surface area contributed by atoms with E-state index in [1.54, 1.807) is 6.08 Å². The van der Waals surface area contributed by atoms with Crippen molar-refractivity contribution in [2.24, 2.45) is 0 Å². The predicted molar refractivity (Wildman–Crippen MR) is 94.6 cm³/mol. The Hall–Kier alpha value is -2.36. The summed E-state index contributed by atoms with van der Waals surface area (Å²) in [6.45, 7) is 8.14. The van der Waals surface area contributed by atoms with Gasteiger partial charge >= 0.3 is 0 Å². The lowest BCUT2D eigenvalue weighted by atomic mass is 10.1. The molecule has 1 heterocycles. The molecule has 0 saturated carbocycles. The van der Waals surface area contributed by atoms with Crippen LogP contribution < -0.4 is 5.32 Å². The third kappa shape index (κ3) is 4.09. The molecule has 0 spiro atoms. The minimum atomic E-state index is -0.0510. The highest BCUT2D eigenvalue weighted by Crippen LogP contribution is 2.19. The van der Waals surface area contributed by atoms with Crippen molar-refractivity contribution < 1.29 is 4.79 Å². The van der Waals surface area contributed by atoms with Gasteiger partial charge in [0.15, 0.2) is 0 Å². The van der Waals surface area contributed by atoms with Crippen LogP contribution in [0.4, 0.5) is 0 Å². The minimum Gasteiger partial charge on any atom is -0.350 e. The van der Waals surface area contributed by atoms with Crippen LogP contribution in [0.3, 0.4) is 0 Å². The molecule has 0 saturated heterocycles. The van der Waals surface area contributed by atoms with Gasteiger partial charge in [0.2, 0.25) is 5.91 Å². The SMILES string of the molecule is CCC(CC)NC(=O)C=Cc1c(C)nn(-c2ccccc2)c1C. The second-order valence-electron chi connectivity index (χ2n) is 5.69. The van der Waals surface area contributed by atoms with Gasteiger partial charge in [-0.15, -0.1) is 0 Å². The summed E-state index contributed by atoms with van der Waals surface area (Å²) in [5, 5.41) is 7.60. The fourth-order valence-corrected chi connectivity index (χ4v) is 2.62. The van der Waals surface area contributed by atoms with Gasteiger partial charge in [0, 0.05) is 23.4 Å². The van der Waals surface area contributed by atoms with Gasteiger partial charge in [-0.25, -0.2) is 4.68 Å². The summed E-state index contributed by atoms with van der Waals surface area (Å²) in [6.07, 6.45) is 5.35. The summed E-state index contributed by atoms with van der Waals surface area (Å²) in [5.74, 6) is -0.0510. The third-order valence-corrected chi connectivity index (χ3v) is 4.08. The van der Waals surface area contributed by atoms with Crippen molar-refractivity contribution in [3.63, 3.8) is 0 Å². The number of para-hydroxylation sites is 1. The molecule has 1 aromatic carbocycles. The zero-order chi connectivity index (χ0) is 16.8. The Kier molecular flexibility index (Phi) is 5.74. The average molecular weight is 311 g/mol. The lowest BCUT2D eigenvalue weighted by molar-refractivity contribution is -0.117. The number of hydrogen-bond acceptors (Lipinski definition) is 2. The number of rotatable bonds is 6. The van der Waals surface area contributed by atoms with Crippen molar-refractivity contribution in [1.82, 2.24) is 15.1 Å². The second-order valence-corrected chi connectivity index (χ2v) is 5.69. The highest BCUT2D eigenvalue weighted by Gasteiger charge is 2.11. The van der Waals surface area contributed by atoms with Gasteiger partial charge in [0.25, 0.3) is 0 Å². The van der Waals surface area contributed by atoms with Crippen LogP contribution in [-0.4, -0.2) is 21.7 Å². The van der Waals surface area contributed by atoms with Gasteiger partial charge in [-0.3, -0.25) is 4.79 Å². The molecule has 0 atom stereocenters. The van der Waals surface area contributed by atoms with Crippen LogP contribution in [-0.2, 0) is 4.79 Å². The topological polar surface area (TPSA) is 46.9 Å². The van der Waals surface area contributed by atoms with Crippen molar-refractivity contribution in [1.29, 1.82) is 0 Å². The molecule has 0 fully saturated rings. The van der Waals surface area contributed by atoms with E-state index in [-0.39, 0.29) is 11.9 Å². The van der Waals surface area contributed by atoms with E-state index in [2.05, 4.69) is 24.3 Å². The molecule has 4 heteroatoms. The maximum absolute atomic E-state index is 12.0. The Morgan fingerprint density at radius 3 is 2.48 bits per heavy atom. The van der Waals surface area contributed by atoms with Crippen molar-refractivity contribution in [3.05, 3.63) is 53.4 Å². The number of nitrogens with zero attached hydrogens (tertiary/aromatic N) is 2. The second kappa shape index (κ2) is 7.77. The standard InChI is InChI=1S/C19H25N3O/c1-5-16(6-2)20-19(23)13-12-18-14(3)21-22(15(18)4)17-10-8-7-9-11-17/h7-13,16H,5-6H2,1-4H3,(H,20,23). The quantitative estimate of drug-likeness (QED) is 0.825. The van der Waals surface area contributed by atoms with Gasteiger partial charge in [-0.1, -0.05) is 32.0 Å². The average Bonchev–Trinajstić information content (AvgIpc) is 2.86. The minimum absolute atomic E-state index is 0.0510. The number of carbonyl (C=O) groups excluding carboxylic acids is 1. The van der Waals surface area contributed by atoms with E-state index >= 15 is 0 Å². The van der Waals surface area contributed by atoms with Gasteiger partial charge in [0.1, 0.15) is 0 Å². The van der Waals surface area contributed by atoms with Crippen LogP contribution in [0, 0.1) is 13.8 Å². The molecular formula is C19H25N3O. The van der Waals surface area contributed by atoms with Crippen molar-refractivity contribution >= 4 is 12.0 Å². The molecule has 0 aliphatic carbocycles. The largest absolute Gasteiger partial charge is 0.350 e. The van der Waals surface area contributed by atoms with E-state index in [0.29, 0.717) is 0 Å². The first-order chi connectivity index (χ1) is 11.1. The van der Waals surface area contributed by atoms with E-state index in [4.69, 9.17) is 0 Å². The molecule has 122 valence electrons. The Labute approximate surface area is 138 Å². The highest BCUT2D eigenvalue weighted by atomic mass is 16.1. The monoisotopic (exact) mass is 311 g/mol. The normalized spacial score (nSPS) is 11.3. The van der Waals surface area contributed by atoms with Gasteiger partial charge in [-0.2, -0.15) is 5.10 Å². The highest BCUT2D eigenvalue weighted by molar-refractivity contribution is 5.92. The molecule has 0 aliphatic heterocycles. The molecule has 4 nitrogen and oxygen atoms in total. The molecule has 2 aromatic rings. The summed E-state index contributed by atoms with van der Waals surface area (Å²) in [7, 11) is 0. The summed E-state index contributed by atoms with van der Waals surface area (Å²) >= 11 is 0. The molecule has 0 radical (unpaired) electrons. The molecule has 2 rings (SSSR count). The molecule has 1 aromatic heterocycles. The number of benzene rings is 1. The molecule has 1 N–H and O–H groups in total. The predicted octanol–water partition coefficient (Wildman–Crippen LogP) is 3.81. The number of hydrogen-bond donors (Lipinski definition) is 1. The maximum atomic E-state index is 12.0. The molecule has 0 unspecified atom stereocenters. The summed E-state index contributed by atoms with van der Waals surface area (Å²) in [4.78, 5) is 12.0. The Morgan fingerprint density at radius 1 is 1.22 bits per heavy atom. The summed E-state index contributed by atoms with van der Waals surface area (Å²) in [5.41, 5.74) is 3.96. The first-order valence-corrected chi connectivity index (χ1v) is 8.17. The van der Waals surface area contributed by atoms with Crippen LogP contribution in [0.15, 0.2) is 36.4 Å². The first-order valence-electron chi connectivity index (χ1n) is 8.17. The van der Waals surface area contributed by atoms with Crippen LogP contribution >= 0.6 is 0 Å². The third-order valence-electron chi connectivity index (χ3n) is 4.08. The van der Waals surface area contributed by atoms with E-state index in [1.807, 2.05) is 54.9 Å². The van der Waals surface area contributed by atoms with E-state index in [0.717, 1.165) is 35.5 Å². The summed E-state index contributed by atoms with van der Waals surface area (Å²) < 4.78 is 1.91. The van der Waals surface area contributed by atoms with Gasteiger partial charge in [0.05, 0.1) is 11.4 Å². The van der Waals surface area contributed by atoms with E-state index in [9.17, 15) is 4.79 Å². The van der Waals surface area contributed by atoms with Crippen LogP contribution in [0.1, 0.15) is 43.6 Å². The lowest BCUT2D eigenvalue weighted by Gasteiger charge is -2.12. The number of carbonyl (C=O) groups is 1. The zero-order valence-corrected chi connectivity index (χ0v) is 14.3. The fraction of sp³-hybridized carbons (Fsp3) is 0.368. The Bertz CT molecular complexity index is 682. The number of amides is 1. The Balaban J connectivity index is 2.19. The van der Waals surface area contributed by atoms with Crippen molar-refractivity contribution in [2.75, 3.05) is 0 Å². The number of aryl methyl sites for hydroxylation is 1. The smallest absolute Gasteiger partial charge is 0.244 e. The van der Waals surface area contributed by atoms with Crippen LogP contribution in [0.25, 0.3) is 11.8 Å². The summed E-state index contributed by atoms with van der Waals surface area (Å²) in [6, 6.07) is 10.2. The van der Waals surface area contributed by atoms with E-state index in [1.165, 1.54) is 0 Å². The zero-order valence-electron chi connectivity index (χ0n) is 14.3. The van der Waals surface area contributed by atoms with Crippen LogP contribution in [0.5, 0.6) is 0 Å².